The van der Waals surface area contributed by atoms with Gasteiger partial charge in [0.2, 0.25) is 11.0 Å². The van der Waals surface area contributed by atoms with Crippen molar-refractivity contribution >= 4 is 55.8 Å². The SMILES string of the molecule is CCCNc1nnc(S[C@H](C)C(=O)Nc2ccc(C)cc2Br)s1. The van der Waals surface area contributed by atoms with E-state index in [1.54, 1.807) is 0 Å². The van der Waals surface area contributed by atoms with E-state index in [1.807, 2.05) is 32.0 Å². The summed E-state index contributed by atoms with van der Waals surface area (Å²) in [4.78, 5) is 12.3. The predicted octanol–water partition coefficient (Wildman–Crippen LogP) is 4.55. The molecule has 0 saturated heterocycles. The topological polar surface area (TPSA) is 66.9 Å². The molecule has 1 amide bonds. The first-order valence-corrected chi connectivity index (χ1v) is 9.79. The monoisotopic (exact) mass is 414 g/mol. The number of aryl methyl sites for hydroxylation is 1. The molecular weight excluding hydrogens is 396 g/mol. The zero-order valence-electron chi connectivity index (χ0n) is 13.2. The smallest absolute Gasteiger partial charge is 0.237 e. The maximum atomic E-state index is 12.3. The van der Waals surface area contributed by atoms with Crippen LogP contribution in [0.2, 0.25) is 0 Å². The third kappa shape index (κ3) is 5.47. The van der Waals surface area contributed by atoms with Gasteiger partial charge < -0.3 is 10.6 Å². The lowest BCUT2D eigenvalue weighted by Gasteiger charge is -2.12. The lowest BCUT2D eigenvalue weighted by atomic mass is 10.2. The van der Waals surface area contributed by atoms with Crippen LogP contribution < -0.4 is 10.6 Å². The average Bonchev–Trinajstić information content (AvgIpc) is 2.95. The number of hydrogen-bond acceptors (Lipinski definition) is 6. The van der Waals surface area contributed by atoms with Crippen molar-refractivity contribution < 1.29 is 4.79 Å². The van der Waals surface area contributed by atoms with Crippen LogP contribution in [0.1, 0.15) is 25.8 Å². The van der Waals surface area contributed by atoms with Gasteiger partial charge in [-0.3, -0.25) is 4.79 Å². The molecule has 0 aliphatic heterocycles. The second-order valence-corrected chi connectivity index (χ2v) is 8.45. The fourth-order valence-corrected chi connectivity index (χ4v) is 4.24. The number of rotatable bonds is 7. The van der Waals surface area contributed by atoms with Gasteiger partial charge in [-0.25, -0.2) is 0 Å². The molecule has 2 N–H and O–H groups in total. The van der Waals surface area contributed by atoms with Gasteiger partial charge in [0.15, 0.2) is 4.34 Å². The molecule has 0 aliphatic rings. The highest BCUT2D eigenvalue weighted by Crippen LogP contribution is 2.30. The van der Waals surface area contributed by atoms with Crippen molar-refractivity contribution in [3.63, 3.8) is 0 Å². The molecule has 0 saturated carbocycles. The van der Waals surface area contributed by atoms with Crippen LogP contribution in [-0.2, 0) is 4.79 Å². The van der Waals surface area contributed by atoms with E-state index in [9.17, 15) is 4.79 Å². The van der Waals surface area contributed by atoms with Gasteiger partial charge >= 0.3 is 0 Å². The van der Waals surface area contributed by atoms with Crippen molar-refractivity contribution in [3.05, 3.63) is 28.2 Å². The Morgan fingerprint density at radius 1 is 1.43 bits per heavy atom. The molecule has 0 spiro atoms. The summed E-state index contributed by atoms with van der Waals surface area (Å²) >= 11 is 6.35. The molecule has 1 aromatic heterocycles. The highest BCUT2D eigenvalue weighted by Gasteiger charge is 2.18. The van der Waals surface area contributed by atoms with E-state index in [-0.39, 0.29) is 11.2 Å². The van der Waals surface area contributed by atoms with Crippen molar-refractivity contribution in [3.8, 4) is 0 Å². The fourth-order valence-electron chi connectivity index (χ4n) is 1.72. The van der Waals surface area contributed by atoms with Crippen LogP contribution in [0.4, 0.5) is 10.8 Å². The number of nitrogens with zero attached hydrogens (tertiary/aromatic N) is 2. The van der Waals surface area contributed by atoms with Gasteiger partial charge in [0.1, 0.15) is 0 Å². The Labute approximate surface area is 152 Å². The molecule has 124 valence electrons. The molecule has 1 heterocycles. The second-order valence-electron chi connectivity index (χ2n) is 5.03. The van der Waals surface area contributed by atoms with Gasteiger partial charge in [-0.1, -0.05) is 36.1 Å². The molecule has 8 heteroatoms. The van der Waals surface area contributed by atoms with Crippen molar-refractivity contribution in [2.75, 3.05) is 17.2 Å². The van der Waals surface area contributed by atoms with Crippen molar-refractivity contribution in [1.29, 1.82) is 0 Å². The van der Waals surface area contributed by atoms with Crippen LogP contribution in [0.5, 0.6) is 0 Å². The van der Waals surface area contributed by atoms with E-state index in [2.05, 4.69) is 43.7 Å². The molecule has 0 radical (unpaired) electrons. The Balaban J connectivity index is 1.93. The number of amides is 1. The van der Waals surface area contributed by atoms with Gasteiger partial charge in [0.25, 0.3) is 0 Å². The highest BCUT2D eigenvalue weighted by molar-refractivity contribution is 9.10. The summed E-state index contributed by atoms with van der Waals surface area (Å²) in [5.41, 5.74) is 1.91. The van der Waals surface area contributed by atoms with E-state index < -0.39 is 0 Å². The summed E-state index contributed by atoms with van der Waals surface area (Å²) < 4.78 is 1.67. The predicted molar refractivity (Wildman–Crippen MR) is 102 cm³/mol. The lowest BCUT2D eigenvalue weighted by molar-refractivity contribution is -0.115. The van der Waals surface area contributed by atoms with E-state index >= 15 is 0 Å². The van der Waals surface area contributed by atoms with Crippen molar-refractivity contribution in [1.82, 2.24) is 10.2 Å². The number of halogens is 1. The zero-order chi connectivity index (χ0) is 16.8. The second kappa shape index (κ2) is 8.65. The minimum absolute atomic E-state index is 0.0576. The number of aromatic nitrogens is 2. The number of benzene rings is 1. The number of nitrogens with one attached hydrogen (secondary N) is 2. The molecule has 5 nitrogen and oxygen atoms in total. The zero-order valence-corrected chi connectivity index (χ0v) is 16.4. The Bertz CT molecular complexity index is 677. The summed E-state index contributed by atoms with van der Waals surface area (Å²) in [7, 11) is 0. The largest absolute Gasteiger partial charge is 0.360 e. The van der Waals surface area contributed by atoms with Gasteiger partial charge in [-0.05, 0) is 53.9 Å². The summed E-state index contributed by atoms with van der Waals surface area (Å²) in [5.74, 6) is -0.0576. The molecule has 2 rings (SSSR count). The average molecular weight is 415 g/mol. The maximum Gasteiger partial charge on any atom is 0.237 e. The van der Waals surface area contributed by atoms with Gasteiger partial charge in [-0.2, -0.15) is 0 Å². The Kier molecular flexibility index (Phi) is 6.86. The molecule has 1 atom stereocenters. The number of carbonyl (C=O) groups excluding carboxylic acids is 1. The first kappa shape index (κ1) is 18.2. The Morgan fingerprint density at radius 2 is 2.22 bits per heavy atom. The summed E-state index contributed by atoms with van der Waals surface area (Å²) in [6.07, 6.45) is 1.03. The summed E-state index contributed by atoms with van der Waals surface area (Å²) in [6, 6.07) is 5.84. The molecule has 1 aromatic carbocycles. The number of hydrogen-bond donors (Lipinski definition) is 2. The fraction of sp³-hybridized carbons (Fsp3) is 0.400. The molecule has 2 aromatic rings. The van der Waals surface area contributed by atoms with Crippen LogP contribution in [0.25, 0.3) is 0 Å². The van der Waals surface area contributed by atoms with E-state index in [0.29, 0.717) is 0 Å². The maximum absolute atomic E-state index is 12.3. The Hall–Kier alpha value is -1.12. The van der Waals surface area contributed by atoms with Crippen LogP contribution in [0.3, 0.4) is 0 Å². The van der Waals surface area contributed by atoms with Gasteiger partial charge in [0, 0.05) is 11.0 Å². The van der Waals surface area contributed by atoms with E-state index in [1.165, 1.54) is 23.1 Å². The highest BCUT2D eigenvalue weighted by atomic mass is 79.9. The molecule has 0 bridgehead atoms. The third-order valence-corrected chi connectivity index (χ3v) is 5.68. The summed E-state index contributed by atoms with van der Waals surface area (Å²) in [5, 5.41) is 14.8. The van der Waals surface area contributed by atoms with Crippen molar-refractivity contribution in [2.24, 2.45) is 0 Å². The molecule has 0 aliphatic carbocycles. The number of carbonyl (C=O) groups is 1. The first-order valence-electron chi connectivity index (χ1n) is 7.30. The lowest BCUT2D eigenvalue weighted by Crippen LogP contribution is -2.22. The first-order chi connectivity index (χ1) is 11.0. The minimum atomic E-state index is -0.254. The van der Waals surface area contributed by atoms with Gasteiger partial charge in [0.05, 0.1) is 10.9 Å². The van der Waals surface area contributed by atoms with E-state index in [0.717, 1.165) is 38.2 Å². The quantitative estimate of drug-likeness (QED) is 0.650. The van der Waals surface area contributed by atoms with Crippen LogP contribution >= 0.6 is 39.0 Å². The molecule has 0 unspecified atom stereocenters. The normalized spacial score (nSPS) is 12.0. The van der Waals surface area contributed by atoms with Gasteiger partial charge in [-0.15, -0.1) is 10.2 Å². The number of thioether (sulfide) groups is 1. The molecular formula is C15H19BrN4OS2. The molecule has 0 fully saturated rings. The third-order valence-electron chi connectivity index (χ3n) is 2.96. The standard InChI is InChI=1S/C15H19BrN4OS2/c1-4-7-17-14-19-20-15(23-14)22-10(3)13(21)18-12-6-5-9(2)8-11(12)16/h5-6,8,10H,4,7H2,1-3H3,(H,17,19)(H,18,21)/t10-/m1/s1. The van der Waals surface area contributed by atoms with E-state index in [4.69, 9.17) is 0 Å². The number of anilines is 2. The Morgan fingerprint density at radius 3 is 2.91 bits per heavy atom. The van der Waals surface area contributed by atoms with Crippen LogP contribution in [-0.4, -0.2) is 27.9 Å². The van der Waals surface area contributed by atoms with Crippen molar-refractivity contribution in [2.45, 2.75) is 36.8 Å². The van der Waals surface area contributed by atoms with Crippen LogP contribution in [0.15, 0.2) is 27.0 Å². The minimum Gasteiger partial charge on any atom is -0.360 e. The van der Waals surface area contributed by atoms with Crippen LogP contribution in [0, 0.1) is 6.92 Å². The summed E-state index contributed by atoms with van der Waals surface area (Å²) in [6.45, 7) is 6.84. The molecule has 23 heavy (non-hydrogen) atoms.